The molecule has 10 nitrogen and oxygen atoms in total. The zero-order valence-electron chi connectivity index (χ0n) is 23.2. The van der Waals surface area contributed by atoms with Gasteiger partial charge in [0.25, 0.3) is 5.91 Å². The Morgan fingerprint density at radius 2 is 1.95 bits per heavy atom. The lowest BCUT2D eigenvalue weighted by molar-refractivity contribution is -0.137. The van der Waals surface area contributed by atoms with Crippen LogP contribution in [0.1, 0.15) is 60.3 Å². The molecule has 41 heavy (non-hydrogen) atoms. The van der Waals surface area contributed by atoms with E-state index in [0.717, 1.165) is 18.6 Å². The molecule has 1 saturated heterocycles. The number of nitrogen functional groups attached to an aromatic ring is 1. The van der Waals surface area contributed by atoms with Crippen LogP contribution in [-0.4, -0.2) is 55.2 Å². The predicted octanol–water partition coefficient (Wildman–Crippen LogP) is 4.23. The second-order valence-electron chi connectivity index (χ2n) is 12.5. The van der Waals surface area contributed by atoms with Gasteiger partial charge < -0.3 is 21.1 Å². The number of anilines is 1. The highest BCUT2D eigenvalue weighted by molar-refractivity contribution is 6.03. The number of primary amides is 1. The molecule has 1 spiro atoms. The van der Waals surface area contributed by atoms with Gasteiger partial charge in [-0.2, -0.15) is 23.4 Å². The maximum absolute atomic E-state index is 13.2. The number of aryl methyl sites for hydroxylation is 1. The molecule has 4 atom stereocenters. The quantitative estimate of drug-likeness (QED) is 0.471. The number of nitrogens with zero attached hydrogens (tertiary/aromatic N) is 5. The minimum absolute atomic E-state index is 0.0146. The van der Waals surface area contributed by atoms with E-state index in [2.05, 4.69) is 5.10 Å². The number of halogens is 3. The van der Waals surface area contributed by atoms with E-state index < -0.39 is 23.2 Å². The first-order chi connectivity index (χ1) is 19.1. The van der Waals surface area contributed by atoms with Crippen LogP contribution < -0.4 is 11.5 Å². The van der Waals surface area contributed by atoms with Crippen LogP contribution in [0, 0.1) is 24.2 Å². The monoisotopic (exact) mass is 571 g/mol. The lowest BCUT2D eigenvalue weighted by Gasteiger charge is -2.37. The van der Waals surface area contributed by atoms with Crippen LogP contribution in [0.4, 0.5) is 23.8 Å². The van der Waals surface area contributed by atoms with Crippen molar-refractivity contribution in [3.05, 3.63) is 52.8 Å². The summed E-state index contributed by atoms with van der Waals surface area (Å²) < 4.78 is 48.4. The molecule has 0 bridgehead atoms. The number of carbonyl (C=O) groups excluding carboxylic acids is 2. The second-order valence-corrected chi connectivity index (χ2v) is 12.5. The lowest BCUT2D eigenvalue weighted by Crippen LogP contribution is -2.42. The van der Waals surface area contributed by atoms with E-state index >= 15 is 0 Å². The number of alkyl halides is 3. The molecule has 0 radical (unpaired) electrons. The van der Waals surface area contributed by atoms with Gasteiger partial charge in [0.1, 0.15) is 22.7 Å². The van der Waals surface area contributed by atoms with Gasteiger partial charge in [0.05, 0.1) is 24.3 Å². The first-order valence-corrected chi connectivity index (χ1v) is 13.4. The molecule has 1 aliphatic heterocycles. The third-order valence-corrected chi connectivity index (χ3v) is 8.71. The summed E-state index contributed by atoms with van der Waals surface area (Å²) in [6.07, 6.45) is -0.888. The molecule has 2 amide bonds. The molecule has 1 aromatic carbocycles. The molecule has 2 aromatic heterocycles. The lowest BCUT2D eigenvalue weighted by atomic mass is 9.80. The van der Waals surface area contributed by atoms with Gasteiger partial charge in [-0.15, -0.1) is 0 Å². The third kappa shape index (κ3) is 4.41. The molecule has 2 aliphatic carbocycles. The number of ether oxygens (including phenoxy) is 1. The van der Waals surface area contributed by atoms with Crippen molar-refractivity contribution in [2.45, 2.75) is 58.5 Å². The molecule has 1 unspecified atom stereocenters. The minimum Gasteiger partial charge on any atom is -0.444 e. The van der Waals surface area contributed by atoms with E-state index in [1.54, 1.807) is 22.7 Å². The van der Waals surface area contributed by atoms with Crippen LogP contribution >= 0.6 is 0 Å². The van der Waals surface area contributed by atoms with E-state index in [-0.39, 0.29) is 47.1 Å². The van der Waals surface area contributed by atoms with Crippen LogP contribution in [0.25, 0.3) is 11.3 Å². The Balaban J connectivity index is 1.21. The Kier molecular flexibility index (Phi) is 5.78. The molecule has 2 saturated carbocycles. The summed E-state index contributed by atoms with van der Waals surface area (Å²) in [5.41, 5.74) is 12.9. The Labute approximate surface area is 234 Å². The molecular weight excluding hydrogens is 539 g/mol. The zero-order chi connectivity index (χ0) is 29.6. The number of benzene rings is 1. The largest absolute Gasteiger partial charge is 0.444 e. The summed E-state index contributed by atoms with van der Waals surface area (Å²) in [4.78, 5) is 26.7. The average molecular weight is 572 g/mol. The Bertz CT molecular complexity index is 1570. The number of hydrogen-bond donors (Lipinski definition) is 2. The Morgan fingerprint density at radius 1 is 1.22 bits per heavy atom. The maximum Gasteiger partial charge on any atom is 0.416 e. The van der Waals surface area contributed by atoms with E-state index in [1.807, 2.05) is 20.8 Å². The van der Waals surface area contributed by atoms with Gasteiger partial charge in [0, 0.05) is 30.3 Å². The number of carbonyl (C=O) groups is 2. The highest BCUT2D eigenvalue weighted by Gasteiger charge is 2.79. The first-order valence-electron chi connectivity index (χ1n) is 13.4. The zero-order valence-corrected chi connectivity index (χ0v) is 23.2. The normalized spacial score (nSPS) is 25.0. The number of rotatable bonds is 5. The number of hydrogen-bond acceptors (Lipinski definition) is 6. The van der Waals surface area contributed by atoms with Crippen molar-refractivity contribution in [3.63, 3.8) is 0 Å². The van der Waals surface area contributed by atoms with Gasteiger partial charge >= 0.3 is 12.3 Å². The van der Waals surface area contributed by atoms with Crippen molar-refractivity contribution in [2.24, 2.45) is 23.0 Å². The number of piperidine rings is 1. The van der Waals surface area contributed by atoms with Gasteiger partial charge in [0.15, 0.2) is 0 Å². The fraction of sp³-hybridized carbons (Fsp3) is 0.500. The van der Waals surface area contributed by atoms with Gasteiger partial charge in [-0.1, -0.05) is 6.07 Å². The molecule has 3 aromatic rings. The number of amides is 2. The molecule has 13 heteroatoms. The van der Waals surface area contributed by atoms with Gasteiger partial charge in [0.2, 0.25) is 0 Å². The highest BCUT2D eigenvalue weighted by atomic mass is 19.4. The summed E-state index contributed by atoms with van der Waals surface area (Å²) in [5, 5.41) is 9.00. The van der Waals surface area contributed by atoms with Gasteiger partial charge in [-0.05, 0) is 69.2 Å². The fourth-order valence-electron chi connectivity index (χ4n) is 6.76. The topological polar surface area (TPSA) is 134 Å². The van der Waals surface area contributed by atoms with E-state index in [1.165, 1.54) is 16.9 Å². The Hall–Kier alpha value is -4.03. The molecular formula is C28H32F3N7O3. The second kappa shape index (κ2) is 8.73. The highest BCUT2D eigenvalue weighted by Crippen LogP contribution is 2.79. The van der Waals surface area contributed by atoms with Crippen LogP contribution in [0.3, 0.4) is 0 Å². The molecule has 6 rings (SSSR count). The number of fused-ring (bicyclic) bond motifs is 1. The fourth-order valence-corrected chi connectivity index (χ4v) is 6.76. The van der Waals surface area contributed by atoms with Crippen LogP contribution in [0.5, 0.6) is 0 Å². The predicted molar refractivity (Wildman–Crippen MR) is 143 cm³/mol. The molecule has 3 fully saturated rings. The average Bonchev–Trinajstić information content (AvgIpc) is 3.34. The third-order valence-electron chi connectivity index (χ3n) is 8.71. The maximum atomic E-state index is 13.2. The van der Waals surface area contributed by atoms with Crippen molar-refractivity contribution in [1.29, 1.82) is 0 Å². The van der Waals surface area contributed by atoms with Crippen LogP contribution in [-0.2, 0) is 17.5 Å². The summed E-state index contributed by atoms with van der Waals surface area (Å²) in [5.74, 6) is 0.0280. The van der Waals surface area contributed by atoms with E-state index in [4.69, 9.17) is 21.3 Å². The van der Waals surface area contributed by atoms with Crippen molar-refractivity contribution >= 4 is 17.8 Å². The number of nitrogens with two attached hydrogens (primary N) is 2. The van der Waals surface area contributed by atoms with Crippen molar-refractivity contribution in [1.82, 2.24) is 24.5 Å². The van der Waals surface area contributed by atoms with Crippen molar-refractivity contribution < 1.29 is 27.5 Å². The molecule has 3 heterocycles. The first kappa shape index (κ1) is 27.2. The molecule has 218 valence electrons. The van der Waals surface area contributed by atoms with Crippen molar-refractivity contribution in [3.8, 4) is 11.3 Å². The van der Waals surface area contributed by atoms with Gasteiger partial charge in [-0.25, -0.2) is 9.48 Å². The smallest absolute Gasteiger partial charge is 0.416 e. The van der Waals surface area contributed by atoms with Crippen molar-refractivity contribution in [2.75, 3.05) is 18.8 Å². The summed E-state index contributed by atoms with van der Waals surface area (Å²) in [6, 6.07) is 3.56. The summed E-state index contributed by atoms with van der Waals surface area (Å²) in [6.45, 7) is 8.58. The number of aromatic nitrogens is 4. The van der Waals surface area contributed by atoms with Crippen LogP contribution in [0.15, 0.2) is 30.6 Å². The standard InChI is InChI=1S/C28H32F3N7O3/c1-14-5-6-17(28(29,30)31)7-15(14)10-37-11-16(9-34-37)22-20(24(33)39)23(32)38(35-22)19-8-27-13-36(12-18(27)21(19)27)25(40)41-26(2,3)4/h5-7,9,11,18-19,21H,8,10,12-13,32H2,1-4H3,(H2,33,39)/t18?,19-,21-,27+/m1/s1. The molecule has 3 aliphatic rings. The van der Waals surface area contributed by atoms with Crippen LogP contribution in [0.2, 0.25) is 0 Å². The number of likely N-dealkylation sites (tertiary alicyclic amines) is 1. The minimum atomic E-state index is -4.45. The van der Waals surface area contributed by atoms with E-state index in [9.17, 15) is 22.8 Å². The SMILES string of the molecule is Cc1ccc(C(F)(F)F)cc1Cn1cc(-c2nn([C@@H]3C[C@]45CN(C(=O)OC(C)(C)C)CC4[C@H]35)c(N)c2C(N)=O)cn1. The van der Waals surface area contributed by atoms with Gasteiger partial charge in [-0.3, -0.25) is 9.48 Å². The van der Waals surface area contributed by atoms with E-state index in [0.29, 0.717) is 35.7 Å². The summed E-state index contributed by atoms with van der Waals surface area (Å²) in [7, 11) is 0. The summed E-state index contributed by atoms with van der Waals surface area (Å²) >= 11 is 0. The Morgan fingerprint density at radius 3 is 2.59 bits per heavy atom. The molecule has 4 N–H and O–H groups in total.